The monoisotopic (exact) mass is 540 g/mol. The van der Waals surface area contributed by atoms with Gasteiger partial charge in [-0.1, -0.05) is 108 Å². The first-order chi connectivity index (χ1) is 19.4. The van der Waals surface area contributed by atoms with Crippen molar-refractivity contribution in [2.24, 2.45) is 0 Å². The number of hydrogen-bond donors (Lipinski definition) is 1. The third kappa shape index (κ3) is 11.3. The van der Waals surface area contributed by atoms with Crippen LogP contribution < -0.4 is 5.32 Å². The predicted octanol–water partition coefficient (Wildman–Crippen LogP) is 9.94. The van der Waals surface area contributed by atoms with Crippen molar-refractivity contribution in [2.75, 3.05) is 20.1 Å². The first-order valence-electron chi connectivity index (χ1n) is 15.7. The summed E-state index contributed by atoms with van der Waals surface area (Å²) in [7, 11) is 2.02. The molecule has 0 aromatic heterocycles. The van der Waals surface area contributed by atoms with E-state index in [1.54, 1.807) is 17.2 Å². The number of nitrogens with one attached hydrogen (secondary N) is 1. The van der Waals surface area contributed by atoms with Crippen molar-refractivity contribution >= 4 is 0 Å². The van der Waals surface area contributed by atoms with Gasteiger partial charge < -0.3 is 10.2 Å². The number of benzene rings is 2. The Kier molecular flexibility index (Phi) is 16.1. The molecule has 1 aliphatic heterocycles. The second kappa shape index (κ2) is 19.3. The maximum absolute atomic E-state index is 4.03. The van der Waals surface area contributed by atoms with Gasteiger partial charge in [0.15, 0.2) is 0 Å². The number of unbranched alkanes of at least 4 members (excludes halogenated alkanes) is 3. The molecule has 1 aliphatic rings. The number of allylic oxidation sites excluding steroid dienone is 4. The van der Waals surface area contributed by atoms with Crippen LogP contribution in [0.5, 0.6) is 0 Å². The normalized spacial score (nSPS) is 13.8. The molecule has 2 heteroatoms. The molecular weight excluding hydrogens is 484 g/mol. The molecule has 1 fully saturated rings. The number of likely N-dealkylation sites (N-methyl/N-ethyl adjacent to an activating group) is 1. The minimum atomic E-state index is 0.774. The van der Waals surface area contributed by atoms with Crippen molar-refractivity contribution in [3.05, 3.63) is 120 Å². The molecule has 2 nitrogen and oxygen atoms in total. The number of aryl methyl sites for hydroxylation is 3. The number of hydrogen-bond acceptors (Lipinski definition) is 2. The molecular formula is C38H56N2. The van der Waals surface area contributed by atoms with Crippen LogP contribution in [0, 0.1) is 0 Å². The van der Waals surface area contributed by atoms with Crippen LogP contribution in [-0.4, -0.2) is 25.0 Å². The lowest BCUT2D eigenvalue weighted by Gasteiger charge is -2.25. The van der Waals surface area contributed by atoms with E-state index < -0.39 is 0 Å². The topological polar surface area (TPSA) is 15.3 Å². The molecule has 3 rings (SSSR count). The molecule has 1 heterocycles. The van der Waals surface area contributed by atoms with Gasteiger partial charge in [-0.25, -0.2) is 0 Å². The van der Waals surface area contributed by atoms with E-state index in [-0.39, 0.29) is 0 Å². The van der Waals surface area contributed by atoms with Crippen molar-refractivity contribution in [3.63, 3.8) is 0 Å². The lowest BCUT2D eigenvalue weighted by atomic mass is 9.89. The quantitative estimate of drug-likeness (QED) is 0.179. The van der Waals surface area contributed by atoms with Crippen LogP contribution >= 0.6 is 0 Å². The van der Waals surface area contributed by atoms with Gasteiger partial charge in [-0.2, -0.15) is 0 Å². The smallest absolute Gasteiger partial charge is 0.0431 e. The molecule has 1 N–H and O–H groups in total. The fourth-order valence-electron chi connectivity index (χ4n) is 5.42. The van der Waals surface area contributed by atoms with Gasteiger partial charge in [0.1, 0.15) is 0 Å². The van der Waals surface area contributed by atoms with Crippen LogP contribution in [0.25, 0.3) is 0 Å². The van der Waals surface area contributed by atoms with Gasteiger partial charge in [0, 0.05) is 18.4 Å². The highest BCUT2D eigenvalue weighted by Gasteiger charge is 2.14. The summed E-state index contributed by atoms with van der Waals surface area (Å²) < 4.78 is 0. The summed E-state index contributed by atoms with van der Waals surface area (Å²) >= 11 is 0. The summed E-state index contributed by atoms with van der Waals surface area (Å²) in [5.74, 6) is 0.774. The molecule has 0 unspecified atom stereocenters. The number of piperidine rings is 1. The van der Waals surface area contributed by atoms with Crippen molar-refractivity contribution in [1.29, 1.82) is 0 Å². The SMILES string of the molecule is C=C/C=C(\C(=C)CC)N(C)C(=C)CC.CCc1ccccc1CCCCCCc1ccc(C2CCNCC2)cc1. The second-order valence-corrected chi connectivity index (χ2v) is 11.0. The van der Waals surface area contributed by atoms with E-state index in [0.717, 1.165) is 42.1 Å². The maximum atomic E-state index is 4.03. The highest BCUT2D eigenvalue weighted by molar-refractivity contribution is 5.32. The predicted molar refractivity (Wildman–Crippen MR) is 178 cm³/mol. The molecule has 218 valence electrons. The Morgan fingerprint density at radius 2 is 1.48 bits per heavy atom. The molecule has 2 aromatic carbocycles. The Morgan fingerprint density at radius 3 is 2.05 bits per heavy atom. The summed E-state index contributed by atoms with van der Waals surface area (Å²) in [6.07, 6.45) is 17.2. The Labute approximate surface area is 247 Å². The van der Waals surface area contributed by atoms with Crippen molar-refractivity contribution < 1.29 is 0 Å². The van der Waals surface area contributed by atoms with Gasteiger partial charge in [-0.3, -0.25) is 0 Å². The number of nitrogens with zero attached hydrogens (tertiary/aromatic N) is 1. The highest BCUT2D eigenvalue weighted by atomic mass is 15.1. The van der Waals surface area contributed by atoms with Crippen LogP contribution in [0.4, 0.5) is 0 Å². The van der Waals surface area contributed by atoms with E-state index in [1.165, 1.54) is 75.6 Å². The van der Waals surface area contributed by atoms with Crippen LogP contribution in [0.15, 0.2) is 97.4 Å². The Balaban J connectivity index is 0.000000342. The van der Waals surface area contributed by atoms with Crippen LogP contribution in [0.1, 0.15) is 100 Å². The van der Waals surface area contributed by atoms with Crippen LogP contribution in [0.3, 0.4) is 0 Å². The van der Waals surface area contributed by atoms with Crippen molar-refractivity contribution in [1.82, 2.24) is 10.2 Å². The molecule has 0 spiro atoms. The summed E-state index contributed by atoms with van der Waals surface area (Å²) in [5.41, 5.74) is 9.46. The Hall–Kier alpha value is -2.84. The minimum Gasteiger partial charge on any atom is -0.349 e. The Morgan fingerprint density at radius 1 is 0.850 bits per heavy atom. The zero-order chi connectivity index (χ0) is 29.2. The van der Waals surface area contributed by atoms with Crippen molar-refractivity contribution in [2.45, 2.75) is 97.3 Å². The van der Waals surface area contributed by atoms with Crippen molar-refractivity contribution in [3.8, 4) is 0 Å². The molecule has 0 aliphatic carbocycles. The van der Waals surface area contributed by atoms with Gasteiger partial charge in [0.25, 0.3) is 0 Å². The van der Waals surface area contributed by atoms with E-state index in [1.807, 2.05) is 13.1 Å². The molecule has 1 saturated heterocycles. The summed E-state index contributed by atoms with van der Waals surface area (Å²) in [5, 5.41) is 3.46. The van der Waals surface area contributed by atoms with Crippen LogP contribution in [0.2, 0.25) is 0 Å². The van der Waals surface area contributed by atoms with E-state index in [2.05, 4.69) is 99.3 Å². The van der Waals surface area contributed by atoms with Crippen LogP contribution in [-0.2, 0) is 19.3 Å². The first-order valence-corrected chi connectivity index (χ1v) is 15.7. The summed E-state index contributed by atoms with van der Waals surface area (Å²) in [4.78, 5) is 2.08. The number of rotatable bonds is 15. The second-order valence-electron chi connectivity index (χ2n) is 11.0. The molecule has 0 bridgehead atoms. The standard InChI is InChI=1S/C25H35N.C13H21N/c1-2-22-10-7-8-12-23(22)11-6-4-3-5-9-21-13-15-24(16-14-21)25-17-19-26-20-18-25;1-7-10-13(11(4)8-2)14(6)12(5)9-3/h7-8,10,12-16,25-26H,2-6,9,11,17-20H2,1H3;7,10H,1,4-5,8-9H2,2-3,6H3/b;13-10+. The van der Waals surface area contributed by atoms with Gasteiger partial charge in [-0.15, -0.1) is 0 Å². The summed E-state index contributed by atoms with van der Waals surface area (Å²) in [6, 6.07) is 18.4. The fourth-order valence-corrected chi connectivity index (χ4v) is 5.42. The van der Waals surface area contributed by atoms with E-state index in [9.17, 15) is 0 Å². The summed E-state index contributed by atoms with van der Waals surface area (Å²) in [6.45, 7) is 20.6. The van der Waals surface area contributed by atoms with E-state index >= 15 is 0 Å². The average Bonchev–Trinajstić information content (AvgIpc) is 3.01. The zero-order valence-electron chi connectivity index (χ0n) is 26.1. The molecule has 40 heavy (non-hydrogen) atoms. The first kappa shape index (κ1) is 33.4. The molecule has 0 radical (unpaired) electrons. The highest BCUT2D eigenvalue weighted by Crippen LogP contribution is 2.25. The van der Waals surface area contributed by atoms with E-state index in [0.29, 0.717) is 0 Å². The molecule has 0 amide bonds. The Bertz CT molecular complexity index is 1050. The largest absolute Gasteiger partial charge is 0.349 e. The van der Waals surface area contributed by atoms with Gasteiger partial charge in [-0.05, 0) is 111 Å². The van der Waals surface area contributed by atoms with Gasteiger partial charge in [0.2, 0.25) is 0 Å². The zero-order valence-corrected chi connectivity index (χ0v) is 26.1. The lowest BCUT2D eigenvalue weighted by molar-refractivity contribution is 0.460. The van der Waals surface area contributed by atoms with E-state index in [4.69, 9.17) is 0 Å². The van der Waals surface area contributed by atoms with Gasteiger partial charge in [0.05, 0.1) is 0 Å². The third-order valence-electron chi connectivity index (χ3n) is 8.26. The lowest BCUT2D eigenvalue weighted by Crippen LogP contribution is -2.26. The third-order valence-corrected chi connectivity index (χ3v) is 8.26. The molecule has 0 atom stereocenters. The average molecular weight is 541 g/mol. The fraction of sp³-hybridized carbons (Fsp3) is 0.474. The molecule has 0 saturated carbocycles. The maximum Gasteiger partial charge on any atom is 0.0431 e. The molecule has 2 aromatic rings. The van der Waals surface area contributed by atoms with Gasteiger partial charge >= 0.3 is 0 Å². The minimum absolute atomic E-state index is 0.774.